The van der Waals surface area contributed by atoms with Crippen LogP contribution in [0.3, 0.4) is 0 Å². The number of hydrogen-bond acceptors (Lipinski definition) is 0. The van der Waals surface area contributed by atoms with Gasteiger partial charge in [-0.25, -0.2) is 0 Å². The van der Waals surface area contributed by atoms with Gasteiger partial charge in [-0.1, -0.05) is 26.1 Å². The van der Waals surface area contributed by atoms with Crippen molar-refractivity contribution in [2.45, 2.75) is 0 Å². The number of halogens is 1. The van der Waals surface area contributed by atoms with E-state index in [0.29, 0.717) is 3.48 Å². The lowest BCUT2D eigenvalue weighted by Gasteiger charge is -1.61. The summed E-state index contributed by atoms with van der Waals surface area (Å²) < 4.78 is 0.637. The van der Waals surface area contributed by atoms with E-state index in [0.717, 1.165) is 0 Å². The van der Waals surface area contributed by atoms with Crippen LogP contribution in [0.5, 0.6) is 0 Å². The summed E-state index contributed by atoms with van der Waals surface area (Å²) in [6.07, 6.45) is 0. The zero-order valence-corrected chi connectivity index (χ0v) is 4.32. The van der Waals surface area contributed by atoms with E-state index in [1.807, 2.05) is 22.6 Å². The zero-order chi connectivity index (χ0) is 3.58. The van der Waals surface area contributed by atoms with Crippen molar-refractivity contribution in [3.63, 3.8) is 0 Å². The van der Waals surface area contributed by atoms with Crippen molar-refractivity contribution in [2.75, 3.05) is 0 Å². The molecule has 2 heteroatoms. The normalized spacial score (nSPS) is 6.25. The third-order valence-electron chi connectivity index (χ3n) is 0. The van der Waals surface area contributed by atoms with Gasteiger partial charge in [0.05, 0.1) is 0 Å². The molecule has 0 N–H and O–H groups in total. The molecule has 0 aromatic carbocycles. The van der Waals surface area contributed by atoms with Crippen molar-refractivity contribution < 1.29 is 0 Å². The molecule has 0 amide bonds. The van der Waals surface area contributed by atoms with E-state index in [2.05, 4.69) is 6.58 Å². The van der Waals surface area contributed by atoms with Gasteiger partial charge in [0.15, 0.2) is 0 Å². The van der Waals surface area contributed by atoms with E-state index in [1.165, 1.54) is 0 Å². The van der Waals surface area contributed by atoms with Crippen LogP contribution in [0.1, 0.15) is 0 Å². The molecule has 0 heterocycles. The molecular formula is C2H2BI. The molecule has 0 aliphatic heterocycles. The molecule has 4 heavy (non-hydrogen) atoms. The maximum absolute atomic E-state index is 4.90. The SMILES string of the molecule is [B]C(=C)I. The molecule has 0 fully saturated rings. The highest BCUT2D eigenvalue weighted by atomic mass is 127. The van der Waals surface area contributed by atoms with Crippen LogP contribution in [0.2, 0.25) is 0 Å². The van der Waals surface area contributed by atoms with E-state index >= 15 is 0 Å². The Bertz CT molecular complexity index is 29.0. The standard InChI is InChI=1S/C2H2BI/c1-2(3)4/h1H2. The zero-order valence-electron chi connectivity index (χ0n) is 2.16. The van der Waals surface area contributed by atoms with Crippen molar-refractivity contribution in [3.8, 4) is 0 Å². The van der Waals surface area contributed by atoms with E-state index in [-0.39, 0.29) is 0 Å². The lowest BCUT2D eigenvalue weighted by molar-refractivity contribution is 2.58. The molecule has 0 rings (SSSR count). The lowest BCUT2D eigenvalue weighted by atomic mass is 10.2. The van der Waals surface area contributed by atoms with Crippen molar-refractivity contribution >= 4 is 30.4 Å². The highest BCUT2D eigenvalue weighted by Crippen LogP contribution is 1.89. The highest BCUT2D eigenvalue weighted by molar-refractivity contribution is 14.1. The molecule has 0 aromatic rings. The molecule has 0 saturated carbocycles. The number of hydrogen-bond donors (Lipinski definition) is 0. The predicted octanol–water partition coefficient (Wildman–Crippen LogP) is 1.06. The Balaban J connectivity index is 2.80. The highest BCUT2D eigenvalue weighted by Gasteiger charge is 1.55. The minimum atomic E-state index is 0.637. The Morgan fingerprint density at radius 1 is 2.00 bits per heavy atom. The van der Waals surface area contributed by atoms with E-state index in [9.17, 15) is 0 Å². The monoisotopic (exact) mass is 164 g/mol. The molecule has 0 saturated heterocycles. The maximum Gasteiger partial charge on any atom is 0.122 e. The predicted molar refractivity (Wildman–Crippen MR) is 28.9 cm³/mol. The van der Waals surface area contributed by atoms with Crippen molar-refractivity contribution in [2.24, 2.45) is 0 Å². The largest absolute Gasteiger partial charge is 0.122 e. The summed E-state index contributed by atoms with van der Waals surface area (Å²) in [5.41, 5.74) is 0. The average Bonchev–Trinajstić information content (AvgIpc) is 0.811. The molecule has 0 bridgehead atoms. The summed E-state index contributed by atoms with van der Waals surface area (Å²) in [5, 5.41) is 0. The molecule has 0 atom stereocenters. The Kier molecular flexibility index (Phi) is 2.06. The molecule has 20 valence electrons. The minimum absolute atomic E-state index is 0.637. The summed E-state index contributed by atoms with van der Waals surface area (Å²) >= 11 is 1.93. The second kappa shape index (κ2) is 1.82. The minimum Gasteiger partial charge on any atom is -0.100 e. The topological polar surface area (TPSA) is 0 Å². The average molecular weight is 164 g/mol. The van der Waals surface area contributed by atoms with E-state index in [4.69, 9.17) is 7.85 Å². The molecule has 0 aliphatic carbocycles. The Labute approximate surface area is 40.8 Å². The van der Waals surface area contributed by atoms with E-state index < -0.39 is 0 Å². The summed E-state index contributed by atoms with van der Waals surface area (Å²) in [6, 6.07) is 0. The molecule has 0 nitrogen and oxygen atoms in total. The van der Waals surface area contributed by atoms with Crippen LogP contribution in [-0.4, -0.2) is 7.85 Å². The fourth-order valence-electron chi connectivity index (χ4n) is 0. The van der Waals surface area contributed by atoms with Gasteiger partial charge in [0.25, 0.3) is 0 Å². The van der Waals surface area contributed by atoms with Gasteiger partial charge in [0.1, 0.15) is 7.85 Å². The molecule has 0 aromatic heterocycles. The molecule has 0 spiro atoms. The Hall–Kier alpha value is 0.535. The lowest BCUT2D eigenvalue weighted by Crippen LogP contribution is -1.48. The summed E-state index contributed by atoms with van der Waals surface area (Å²) in [5.74, 6) is 0. The molecule has 0 aliphatic rings. The van der Waals surface area contributed by atoms with Gasteiger partial charge < -0.3 is 0 Å². The fraction of sp³-hybridized carbons (Fsp3) is 0. The first kappa shape index (κ1) is 4.53. The van der Waals surface area contributed by atoms with Crippen molar-refractivity contribution in [1.29, 1.82) is 0 Å². The van der Waals surface area contributed by atoms with Gasteiger partial charge in [-0.3, -0.25) is 0 Å². The quantitative estimate of drug-likeness (QED) is 0.370. The Morgan fingerprint density at radius 3 is 2.00 bits per heavy atom. The second-order valence-corrected chi connectivity index (χ2v) is 1.83. The Morgan fingerprint density at radius 2 is 2.00 bits per heavy atom. The number of rotatable bonds is 0. The first-order chi connectivity index (χ1) is 1.73. The van der Waals surface area contributed by atoms with Crippen LogP contribution in [0.4, 0.5) is 0 Å². The fourth-order valence-corrected chi connectivity index (χ4v) is 0. The van der Waals surface area contributed by atoms with Crippen molar-refractivity contribution in [3.05, 3.63) is 10.1 Å². The van der Waals surface area contributed by atoms with Crippen LogP contribution >= 0.6 is 22.6 Å². The molecule has 0 unspecified atom stereocenters. The smallest absolute Gasteiger partial charge is 0.100 e. The van der Waals surface area contributed by atoms with Gasteiger partial charge in [-0.2, -0.15) is 0 Å². The third kappa shape index (κ3) is 20.9. The van der Waals surface area contributed by atoms with Crippen molar-refractivity contribution in [1.82, 2.24) is 0 Å². The van der Waals surface area contributed by atoms with Crippen LogP contribution in [0, 0.1) is 0 Å². The first-order valence-electron chi connectivity index (χ1n) is 0.831. The van der Waals surface area contributed by atoms with E-state index in [1.54, 1.807) is 0 Å². The summed E-state index contributed by atoms with van der Waals surface area (Å²) in [6.45, 7) is 3.32. The second-order valence-electron chi connectivity index (χ2n) is 0.447. The first-order valence-corrected chi connectivity index (χ1v) is 1.91. The summed E-state index contributed by atoms with van der Waals surface area (Å²) in [7, 11) is 4.90. The van der Waals surface area contributed by atoms with Crippen LogP contribution < -0.4 is 0 Å². The van der Waals surface area contributed by atoms with Crippen LogP contribution in [-0.2, 0) is 0 Å². The van der Waals surface area contributed by atoms with Gasteiger partial charge >= 0.3 is 0 Å². The maximum atomic E-state index is 4.90. The molecular weight excluding hydrogens is 162 g/mol. The van der Waals surface area contributed by atoms with Gasteiger partial charge in [-0.15, -0.1) is 6.58 Å². The van der Waals surface area contributed by atoms with Gasteiger partial charge in [0, 0.05) is 0 Å². The summed E-state index contributed by atoms with van der Waals surface area (Å²) in [4.78, 5) is 0. The van der Waals surface area contributed by atoms with Gasteiger partial charge in [-0.05, 0) is 0 Å². The van der Waals surface area contributed by atoms with Gasteiger partial charge in [0.2, 0.25) is 0 Å². The third-order valence-corrected chi connectivity index (χ3v) is 0. The van der Waals surface area contributed by atoms with Crippen LogP contribution in [0.15, 0.2) is 10.1 Å². The molecule has 2 radical (unpaired) electrons. The van der Waals surface area contributed by atoms with Crippen LogP contribution in [0.25, 0.3) is 0 Å².